The Labute approximate surface area is 166 Å². The van der Waals surface area contributed by atoms with E-state index in [-0.39, 0.29) is 6.54 Å². The lowest BCUT2D eigenvalue weighted by Crippen LogP contribution is -2.32. The second-order valence-electron chi connectivity index (χ2n) is 6.14. The minimum atomic E-state index is -0.728. The van der Waals surface area contributed by atoms with Crippen LogP contribution < -0.4 is 10.6 Å². The topological polar surface area (TPSA) is 108 Å². The molecule has 0 aliphatic rings. The van der Waals surface area contributed by atoms with E-state index in [4.69, 9.17) is 10.00 Å². The fourth-order valence-corrected chi connectivity index (χ4v) is 2.61. The SMILES string of the molecule is N#Cc1ccc(NC(=O)COC(=O)CNC(=O)c2ccc3ccccc3c2)cc1. The number of esters is 1. The number of carbonyl (C=O) groups excluding carboxylic acids is 3. The summed E-state index contributed by atoms with van der Waals surface area (Å²) < 4.78 is 4.86. The molecule has 3 rings (SSSR count). The number of ether oxygens (including phenoxy) is 1. The van der Waals surface area contributed by atoms with E-state index >= 15 is 0 Å². The number of anilines is 1. The Morgan fingerprint density at radius 1 is 0.931 bits per heavy atom. The Bertz CT molecular complexity index is 1100. The third kappa shape index (κ3) is 5.40. The number of nitrogens with one attached hydrogen (secondary N) is 2. The summed E-state index contributed by atoms with van der Waals surface area (Å²) >= 11 is 0. The van der Waals surface area contributed by atoms with Crippen LogP contribution in [0.25, 0.3) is 10.8 Å². The van der Waals surface area contributed by atoms with Crippen molar-refractivity contribution < 1.29 is 19.1 Å². The molecular formula is C22H17N3O4. The highest BCUT2D eigenvalue weighted by Crippen LogP contribution is 2.15. The van der Waals surface area contributed by atoms with Crippen molar-refractivity contribution in [3.8, 4) is 6.07 Å². The number of fused-ring (bicyclic) bond motifs is 1. The lowest BCUT2D eigenvalue weighted by Gasteiger charge is -2.08. The van der Waals surface area contributed by atoms with Gasteiger partial charge in [-0.1, -0.05) is 30.3 Å². The summed E-state index contributed by atoms with van der Waals surface area (Å²) in [5, 5.41) is 15.7. The van der Waals surface area contributed by atoms with Gasteiger partial charge in [-0.2, -0.15) is 5.26 Å². The van der Waals surface area contributed by atoms with Crippen molar-refractivity contribution >= 4 is 34.2 Å². The molecule has 29 heavy (non-hydrogen) atoms. The summed E-state index contributed by atoms with van der Waals surface area (Å²) in [6.07, 6.45) is 0. The lowest BCUT2D eigenvalue weighted by molar-refractivity contribution is -0.146. The average Bonchev–Trinajstić information content (AvgIpc) is 2.76. The van der Waals surface area contributed by atoms with Crippen LogP contribution in [0.4, 0.5) is 5.69 Å². The van der Waals surface area contributed by atoms with Crippen molar-refractivity contribution in [2.75, 3.05) is 18.5 Å². The molecular weight excluding hydrogens is 370 g/mol. The summed E-state index contributed by atoms with van der Waals surface area (Å²) in [6.45, 7) is -0.833. The molecule has 0 spiro atoms. The fraction of sp³-hybridized carbons (Fsp3) is 0.0909. The van der Waals surface area contributed by atoms with Crippen LogP contribution in [-0.4, -0.2) is 30.9 Å². The molecule has 0 bridgehead atoms. The van der Waals surface area contributed by atoms with E-state index in [9.17, 15) is 14.4 Å². The summed E-state index contributed by atoms with van der Waals surface area (Å²) in [4.78, 5) is 35.8. The van der Waals surface area contributed by atoms with Gasteiger partial charge in [-0.3, -0.25) is 14.4 Å². The molecule has 0 atom stereocenters. The number of hydrogen-bond donors (Lipinski definition) is 2. The van der Waals surface area contributed by atoms with E-state index in [2.05, 4.69) is 10.6 Å². The first-order valence-corrected chi connectivity index (χ1v) is 8.78. The Kier molecular flexibility index (Phi) is 6.18. The Balaban J connectivity index is 1.44. The number of rotatable bonds is 6. The molecule has 0 aliphatic carbocycles. The standard InChI is InChI=1S/C22H17N3O4/c23-12-15-5-9-19(10-6-15)25-20(26)14-29-21(27)13-24-22(28)18-8-7-16-3-1-2-4-17(16)11-18/h1-11H,13-14H2,(H,24,28)(H,25,26). The van der Waals surface area contributed by atoms with Gasteiger partial charge in [0.05, 0.1) is 11.6 Å². The maximum atomic E-state index is 12.2. The van der Waals surface area contributed by atoms with Gasteiger partial charge in [0.2, 0.25) is 0 Å². The Hall–Kier alpha value is -4.18. The molecule has 0 saturated heterocycles. The second kappa shape index (κ2) is 9.15. The maximum Gasteiger partial charge on any atom is 0.325 e. The van der Waals surface area contributed by atoms with Gasteiger partial charge in [0, 0.05) is 11.3 Å². The van der Waals surface area contributed by atoms with Gasteiger partial charge < -0.3 is 15.4 Å². The molecule has 0 unspecified atom stereocenters. The van der Waals surface area contributed by atoms with E-state index in [0.717, 1.165) is 10.8 Å². The highest BCUT2D eigenvalue weighted by molar-refractivity contribution is 6.00. The predicted molar refractivity (Wildman–Crippen MR) is 107 cm³/mol. The van der Waals surface area contributed by atoms with Crippen LogP contribution in [-0.2, 0) is 14.3 Å². The molecule has 7 heteroatoms. The minimum absolute atomic E-state index is 0.351. The van der Waals surface area contributed by atoms with Gasteiger partial charge in [0.1, 0.15) is 6.54 Å². The largest absolute Gasteiger partial charge is 0.454 e. The maximum absolute atomic E-state index is 12.2. The molecule has 7 nitrogen and oxygen atoms in total. The van der Waals surface area contributed by atoms with Crippen LogP contribution in [0, 0.1) is 11.3 Å². The van der Waals surface area contributed by atoms with Crippen molar-refractivity contribution in [2.24, 2.45) is 0 Å². The normalized spacial score (nSPS) is 10.0. The van der Waals surface area contributed by atoms with Crippen molar-refractivity contribution in [1.29, 1.82) is 5.26 Å². The van der Waals surface area contributed by atoms with Crippen LogP contribution in [0.2, 0.25) is 0 Å². The predicted octanol–water partition coefficient (Wildman–Crippen LogP) is 2.62. The molecule has 144 valence electrons. The molecule has 2 amide bonds. The van der Waals surface area contributed by atoms with E-state index in [0.29, 0.717) is 16.8 Å². The zero-order valence-corrected chi connectivity index (χ0v) is 15.3. The van der Waals surface area contributed by atoms with Crippen molar-refractivity contribution in [3.63, 3.8) is 0 Å². The highest BCUT2D eigenvalue weighted by atomic mass is 16.5. The third-order valence-electron chi connectivity index (χ3n) is 4.07. The average molecular weight is 387 g/mol. The quantitative estimate of drug-likeness (QED) is 0.632. The number of carbonyl (C=O) groups is 3. The van der Waals surface area contributed by atoms with Crippen LogP contribution in [0.1, 0.15) is 15.9 Å². The molecule has 0 saturated carbocycles. The second-order valence-corrected chi connectivity index (χ2v) is 6.14. The van der Waals surface area contributed by atoms with Gasteiger partial charge in [0.25, 0.3) is 11.8 Å². The summed E-state index contributed by atoms with van der Waals surface area (Å²) in [6, 6.07) is 21.1. The van der Waals surface area contributed by atoms with Crippen LogP contribution in [0.15, 0.2) is 66.7 Å². The number of hydrogen-bond acceptors (Lipinski definition) is 5. The first kappa shape index (κ1) is 19.6. The molecule has 2 N–H and O–H groups in total. The minimum Gasteiger partial charge on any atom is -0.454 e. The highest BCUT2D eigenvalue weighted by Gasteiger charge is 2.11. The number of nitriles is 1. The number of nitrogens with zero attached hydrogens (tertiary/aromatic N) is 1. The first-order chi connectivity index (χ1) is 14.0. The van der Waals surface area contributed by atoms with Crippen molar-refractivity contribution in [1.82, 2.24) is 5.32 Å². The summed E-state index contributed by atoms with van der Waals surface area (Å²) in [7, 11) is 0. The smallest absolute Gasteiger partial charge is 0.325 e. The third-order valence-corrected chi connectivity index (χ3v) is 4.07. The van der Waals surface area contributed by atoms with Gasteiger partial charge in [0.15, 0.2) is 6.61 Å². The first-order valence-electron chi connectivity index (χ1n) is 8.78. The monoisotopic (exact) mass is 387 g/mol. The molecule has 0 aromatic heterocycles. The van der Waals surface area contributed by atoms with Crippen molar-refractivity contribution in [2.45, 2.75) is 0 Å². The van der Waals surface area contributed by atoms with Gasteiger partial charge in [-0.15, -0.1) is 0 Å². The molecule has 0 heterocycles. The molecule has 0 aliphatic heterocycles. The van der Waals surface area contributed by atoms with E-state index < -0.39 is 24.4 Å². The lowest BCUT2D eigenvalue weighted by atomic mass is 10.1. The molecule has 3 aromatic carbocycles. The number of benzene rings is 3. The van der Waals surface area contributed by atoms with Crippen LogP contribution in [0.5, 0.6) is 0 Å². The van der Waals surface area contributed by atoms with E-state index in [1.54, 1.807) is 36.4 Å². The number of amides is 2. The van der Waals surface area contributed by atoms with Crippen LogP contribution in [0.3, 0.4) is 0 Å². The zero-order valence-electron chi connectivity index (χ0n) is 15.3. The van der Waals surface area contributed by atoms with Gasteiger partial charge in [-0.25, -0.2) is 0 Å². The molecule has 0 radical (unpaired) electrons. The Morgan fingerprint density at radius 2 is 1.66 bits per heavy atom. The fourth-order valence-electron chi connectivity index (χ4n) is 2.61. The summed E-state index contributed by atoms with van der Waals surface area (Å²) in [5.74, 6) is -1.66. The van der Waals surface area contributed by atoms with E-state index in [1.165, 1.54) is 0 Å². The van der Waals surface area contributed by atoms with Crippen molar-refractivity contribution in [3.05, 3.63) is 77.9 Å². The molecule has 0 fully saturated rings. The summed E-state index contributed by atoms with van der Waals surface area (Å²) in [5.41, 5.74) is 1.38. The molecule has 3 aromatic rings. The zero-order chi connectivity index (χ0) is 20.6. The van der Waals surface area contributed by atoms with Gasteiger partial charge in [-0.05, 0) is 47.2 Å². The van der Waals surface area contributed by atoms with E-state index in [1.807, 2.05) is 36.4 Å². The van der Waals surface area contributed by atoms with Gasteiger partial charge >= 0.3 is 5.97 Å². The van der Waals surface area contributed by atoms with Crippen LogP contribution >= 0.6 is 0 Å². The Morgan fingerprint density at radius 3 is 2.38 bits per heavy atom.